The predicted molar refractivity (Wildman–Crippen MR) is 62.6 cm³/mol. The number of hydrogen-bond donors (Lipinski definition) is 2. The number of carbonyl (C=O) groups is 1. The summed E-state index contributed by atoms with van der Waals surface area (Å²) < 4.78 is 6.63. The SMILES string of the molecule is O=C(O)CC1(Oc2ccccc2Br)CNC1. The number of ether oxygens (including phenoxy) is 1. The van der Waals surface area contributed by atoms with Gasteiger partial charge in [0.05, 0.1) is 10.9 Å². The number of carboxylic acid groups (broad SMARTS) is 1. The van der Waals surface area contributed by atoms with E-state index in [1.54, 1.807) is 0 Å². The molecule has 1 fully saturated rings. The molecule has 0 atom stereocenters. The number of halogens is 1. The van der Waals surface area contributed by atoms with Crippen molar-refractivity contribution in [3.05, 3.63) is 28.7 Å². The van der Waals surface area contributed by atoms with Crippen molar-refractivity contribution in [1.29, 1.82) is 0 Å². The Balaban J connectivity index is 2.13. The summed E-state index contributed by atoms with van der Waals surface area (Å²) in [6.45, 7) is 1.14. The van der Waals surface area contributed by atoms with Gasteiger partial charge in [0.1, 0.15) is 11.4 Å². The van der Waals surface area contributed by atoms with Gasteiger partial charge in [-0.25, -0.2) is 0 Å². The number of nitrogens with one attached hydrogen (secondary N) is 1. The number of carboxylic acids is 1. The van der Waals surface area contributed by atoms with Crippen LogP contribution in [0.4, 0.5) is 0 Å². The Morgan fingerprint density at radius 1 is 1.50 bits per heavy atom. The Bertz CT molecular complexity index is 404. The molecule has 1 heterocycles. The normalized spacial score (nSPS) is 17.6. The predicted octanol–water partition coefficient (Wildman–Crippen LogP) is 1.64. The second-order valence-electron chi connectivity index (χ2n) is 3.89. The summed E-state index contributed by atoms with van der Waals surface area (Å²) in [5.74, 6) is -0.154. The van der Waals surface area contributed by atoms with E-state index < -0.39 is 11.6 Å². The van der Waals surface area contributed by atoms with Gasteiger partial charge in [0.15, 0.2) is 0 Å². The largest absolute Gasteiger partial charge is 0.483 e. The van der Waals surface area contributed by atoms with Crippen molar-refractivity contribution >= 4 is 21.9 Å². The van der Waals surface area contributed by atoms with Gasteiger partial charge in [0.2, 0.25) is 0 Å². The summed E-state index contributed by atoms with van der Waals surface area (Å²) in [7, 11) is 0. The molecule has 2 N–H and O–H groups in total. The second-order valence-corrected chi connectivity index (χ2v) is 4.74. The van der Waals surface area contributed by atoms with Crippen LogP contribution in [-0.2, 0) is 4.79 Å². The highest BCUT2D eigenvalue weighted by Gasteiger charge is 2.41. The Kier molecular flexibility index (Phi) is 3.16. The van der Waals surface area contributed by atoms with Gasteiger partial charge in [-0.3, -0.25) is 4.79 Å². The number of aliphatic carboxylic acids is 1. The Hall–Kier alpha value is -1.07. The number of rotatable bonds is 4. The van der Waals surface area contributed by atoms with Crippen molar-refractivity contribution in [3.8, 4) is 5.75 Å². The Morgan fingerprint density at radius 2 is 2.19 bits per heavy atom. The van der Waals surface area contributed by atoms with E-state index in [0.29, 0.717) is 18.8 Å². The Labute approximate surface area is 102 Å². The first kappa shape index (κ1) is 11.4. The van der Waals surface area contributed by atoms with Crippen LogP contribution in [0.25, 0.3) is 0 Å². The molecule has 86 valence electrons. The molecule has 4 nitrogen and oxygen atoms in total. The molecule has 2 rings (SSSR count). The lowest BCUT2D eigenvalue weighted by Gasteiger charge is -2.41. The van der Waals surface area contributed by atoms with Crippen LogP contribution in [0.3, 0.4) is 0 Å². The van der Waals surface area contributed by atoms with Crippen LogP contribution in [-0.4, -0.2) is 29.8 Å². The first-order valence-electron chi connectivity index (χ1n) is 4.97. The fourth-order valence-corrected chi connectivity index (χ4v) is 2.04. The van der Waals surface area contributed by atoms with Crippen LogP contribution in [0.15, 0.2) is 28.7 Å². The highest BCUT2D eigenvalue weighted by molar-refractivity contribution is 9.10. The molecule has 0 unspecified atom stereocenters. The summed E-state index contributed by atoms with van der Waals surface area (Å²) >= 11 is 3.38. The highest BCUT2D eigenvalue weighted by Crippen LogP contribution is 2.31. The molecule has 0 amide bonds. The van der Waals surface area contributed by atoms with Crippen molar-refractivity contribution in [2.45, 2.75) is 12.0 Å². The molecule has 0 aliphatic carbocycles. The average molecular weight is 286 g/mol. The Morgan fingerprint density at radius 3 is 2.69 bits per heavy atom. The lowest BCUT2D eigenvalue weighted by molar-refractivity contribution is -0.143. The maximum absolute atomic E-state index is 10.8. The van der Waals surface area contributed by atoms with Gasteiger partial charge in [-0.2, -0.15) is 0 Å². The summed E-state index contributed by atoms with van der Waals surface area (Å²) in [6.07, 6.45) is 0.0152. The van der Waals surface area contributed by atoms with Crippen LogP contribution in [0.2, 0.25) is 0 Å². The van der Waals surface area contributed by atoms with E-state index in [1.165, 1.54) is 0 Å². The van der Waals surface area contributed by atoms with Gasteiger partial charge < -0.3 is 15.2 Å². The van der Waals surface area contributed by atoms with Crippen LogP contribution in [0.5, 0.6) is 5.75 Å². The molecule has 0 saturated carbocycles. The van der Waals surface area contributed by atoms with Gasteiger partial charge in [0.25, 0.3) is 0 Å². The minimum absolute atomic E-state index is 0.0152. The fraction of sp³-hybridized carbons (Fsp3) is 0.364. The maximum atomic E-state index is 10.8. The van der Waals surface area contributed by atoms with Crippen LogP contribution >= 0.6 is 15.9 Å². The third-order valence-corrected chi connectivity index (χ3v) is 3.19. The number of hydrogen-bond acceptors (Lipinski definition) is 3. The van der Waals surface area contributed by atoms with E-state index in [0.717, 1.165) is 4.47 Å². The van der Waals surface area contributed by atoms with Gasteiger partial charge in [0, 0.05) is 13.1 Å². The average Bonchev–Trinajstić information content (AvgIpc) is 2.17. The molecule has 1 aliphatic heterocycles. The molecule has 0 bridgehead atoms. The van der Waals surface area contributed by atoms with Crippen LogP contribution in [0.1, 0.15) is 6.42 Å². The van der Waals surface area contributed by atoms with Gasteiger partial charge in [-0.15, -0.1) is 0 Å². The summed E-state index contributed by atoms with van der Waals surface area (Å²) in [6, 6.07) is 7.45. The lowest BCUT2D eigenvalue weighted by Crippen LogP contribution is -2.64. The molecular formula is C11H12BrNO3. The van der Waals surface area contributed by atoms with Gasteiger partial charge in [-0.05, 0) is 28.1 Å². The molecule has 1 aliphatic rings. The van der Waals surface area contributed by atoms with E-state index in [9.17, 15) is 4.79 Å². The lowest BCUT2D eigenvalue weighted by atomic mass is 9.92. The minimum Gasteiger partial charge on any atom is -0.483 e. The standard InChI is InChI=1S/C11H12BrNO3/c12-8-3-1-2-4-9(8)16-11(5-10(14)15)6-13-7-11/h1-4,13H,5-7H2,(H,14,15). The summed E-state index contributed by atoms with van der Waals surface area (Å²) in [5, 5.41) is 11.9. The molecule has 0 spiro atoms. The van der Waals surface area contributed by atoms with E-state index >= 15 is 0 Å². The van der Waals surface area contributed by atoms with Crippen molar-refractivity contribution in [2.24, 2.45) is 0 Å². The second kappa shape index (κ2) is 4.43. The number of benzene rings is 1. The molecular weight excluding hydrogens is 274 g/mol. The monoisotopic (exact) mass is 285 g/mol. The molecule has 0 aromatic heterocycles. The van der Waals surface area contributed by atoms with Crippen molar-refractivity contribution in [3.63, 3.8) is 0 Å². The molecule has 1 aromatic rings. The van der Waals surface area contributed by atoms with E-state index in [2.05, 4.69) is 21.2 Å². The molecule has 5 heteroatoms. The zero-order chi connectivity index (χ0) is 11.6. The summed E-state index contributed by atoms with van der Waals surface area (Å²) in [5.41, 5.74) is -0.601. The highest BCUT2D eigenvalue weighted by atomic mass is 79.9. The maximum Gasteiger partial charge on any atom is 0.307 e. The quantitative estimate of drug-likeness (QED) is 0.883. The van der Waals surface area contributed by atoms with Crippen molar-refractivity contribution in [2.75, 3.05) is 13.1 Å². The van der Waals surface area contributed by atoms with Crippen molar-refractivity contribution in [1.82, 2.24) is 5.32 Å². The summed E-state index contributed by atoms with van der Waals surface area (Å²) in [4.78, 5) is 10.8. The van der Waals surface area contributed by atoms with Gasteiger partial charge in [-0.1, -0.05) is 12.1 Å². The zero-order valence-electron chi connectivity index (χ0n) is 8.57. The first-order valence-corrected chi connectivity index (χ1v) is 5.77. The van der Waals surface area contributed by atoms with Gasteiger partial charge >= 0.3 is 5.97 Å². The van der Waals surface area contributed by atoms with Crippen LogP contribution in [0, 0.1) is 0 Å². The minimum atomic E-state index is -0.839. The third-order valence-electron chi connectivity index (χ3n) is 2.53. The molecule has 16 heavy (non-hydrogen) atoms. The molecule has 1 aromatic carbocycles. The van der Waals surface area contributed by atoms with Crippen LogP contribution < -0.4 is 10.1 Å². The molecule has 0 radical (unpaired) electrons. The third kappa shape index (κ3) is 2.36. The fourth-order valence-electron chi connectivity index (χ4n) is 1.67. The topological polar surface area (TPSA) is 58.6 Å². The molecule has 1 saturated heterocycles. The smallest absolute Gasteiger partial charge is 0.307 e. The number of para-hydroxylation sites is 1. The van der Waals surface area contributed by atoms with Crippen molar-refractivity contribution < 1.29 is 14.6 Å². The first-order chi connectivity index (χ1) is 7.61. The van der Waals surface area contributed by atoms with E-state index in [4.69, 9.17) is 9.84 Å². The van der Waals surface area contributed by atoms with E-state index in [-0.39, 0.29) is 6.42 Å². The van der Waals surface area contributed by atoms with E-state index in [1.807, 2.05) is 24.3 Å². The zero-order valence-corrected chi connectivity index (χ0v) is 10.2.